The number of hydrogen-bond acceptors (Lipinski definition) is 5. The third-order valence-electron chi connectivity index (χ3n) is 4.26. The Morgan fingerprint density at radius 2 is 1.45 bits per heavy atom. The number of carbonyl (C=O) groups excluding carboxylic acids is 2. The fourth-order valence-corrected chi connectivity index (χ4v) is 2.64. The highest BCUT2D eigenvalue weighted by Crippen LogP contribution is 2.18. The molecular weight excluding hydrogens is 430 g/mol. The van der Waals surface area contributed by atoms with Gasteiger partial charge in [0.15, 0.2) is 5.82 Å². The molecule has 0 atom stereocenters. The van der Waals surface area contributed by atoms with Crippen LogP contribution in [0.1, 0.15) is 46.1 Å². The Morgan fingerprint density at radius 3 is 1.81 bits per heavy atom. The van der Waals surface area contributed by atoms with Crippen molar-refractivity contribution in [2.75, 3.05) is 25.0 Å². The third kappa shape index (κ3) is 14.5. The number of nitrogens with two attached hydrogens (primary N) is 1. The van der Waals surface area contributed by atoms with Gasteiger partial charge in [0, 0.05) is 23.6 Å². The Hall–Kier alpha value is -2.10. The van der Waals surface area contributed by atoms with Gasteiger partial charge in [0.2, 0.25) is 0 Å². The van der Waals surface area contributed by atoms with Crippen molar-refractivity contribution < 1.29 is 9.59 Å². The Morgan fingerprint density at radius 1 is 0.968 bits per heavy atom. The summed E-state index contributed by atoms with van der Waals surface area (Å²) < 4.78 is 0. The minimum absolute atomic E-state index is 0.380. The van der Waals surface area contributed by atoms with Crippen LogP contribution in [-0.4, -0.2) is 45.0 Å². The smallest absolute Gasteiger partial charge is 0.280 e. The highest BCUT2D eigenvalue weighted by molar-refractivity contribution is 7.97. The van der Waals surface area contributed by atoms with Gasteiger partial charge in [-0.15, -0.1) is 0 Å². The molecule has 1 aromatic heterocycles. The average molecular weight is 466 g/mol. The Kier molecular flexibility index (Phi) is 16.4. The number of unbranched alkanes of at least 4 members (excludes halogenated alkanes) is 1. The standard InChI is InChI=1S/C15H17N3OS.C6H15N.CH3NOS/c1-2-3-4-11-9-16-14(17-10-11)12-5-7-13(8-6-12)18-15(19)20;1-4-7(5-2)6-3;2-1(3)4/h5-10H,2-4H2,1H3,(H2,18,19,20);4-6H2,1-3H3;(H3,2,3,4). The average Bonchev–Trinajstić information content (AvgIpc) is 2.74. The summed E-state index contributed by atoms with van der Waals surface area (Å²) >= 11 is 6.77. The first-order valence-corrected chi connectivity index (χ1v) is 11.3. The molecule has 0 saturated heterocycles. The molecule has 0 saturated carbocycles. The minimum atomic E-state index is -0.639. The number of rotatable bonds is 8. The maximum atomic E-state index is 10.8. The predicted octanol–water partition coefficient (Wildman–Crippen LogP) is 5.29. The molecule has 2 aromatic rings. The van der Waals surface area contributed by atoms with Crippen LogP contribution >= 0.6 is 25.3 Å². The molecule has 0 radical (unpaired) electrons. The SMILES string of the molecule is CCCCc1cnc(-c2ccc(NC(=O)S)cc2)nc1.CCN(CC)CC.NC(=O)S. The van der Waals surface area contributed by atoms with E-state index in [1.807, 2.05) is 24.5 Å². The van der Waals surface area contributed by atoms with Gasteiger partial charge in [-0.1, -0.05) is 59.4 Å². The number of amides is 2. The van der Waals surface area contributed by atoms with Crippen molar-refractivity contribution in [2.45, 2.75) is 47.0 Å². The maximum Gasteiger partial charge on any atom is 0.280 e. The molecule has 3 N–H and O–H groups in total. The normalized spacial score (nSPS) is 9.77. The van der Waals surface area contributed by atoms with Crippen molar-refractivity contribution in [1.29, 1.82) is 0 Å². The van der Waals surface area contributed by atoms with Gasteiger partial charge in [-0.25, -0.2) is 9.97 Å². The minimum Gasteiger partial charge on any atom is -0.361 e. The van der Waals surface area contributed by atoms with E-state index in [4.69, 9.17) is 4.79 Å². The van der Waals surface area contributed by atoms with Crippen LogP contribution in [0.2, 0.25) is 0 Å². The second-order valence-corrected chi connectivity index (χ2v) is 7.33. The molecule has 0 unspecified atom stereocenters. The van der Waals surface area contributed by atoms with Crippen molar-refractivity contribution in [3.05, 3.63) is 42.2 Å². The molecule has 172 valence electrons. The molecule has 9 heteroatoms. The number of primary amides is 1. The van der Waals surface area contributed by atoms with E-state index in [9.17, 15) is 4.79 Å². The van der Waals surface area contributed by atoms with Crippen molar-refractivity contribution in [3.8, 4) is 11.4 Å². The number of carbonyl (C=O) groups is 2. The molecule has 2 rings (SSSR count). The van der Waals surface area contributed by atoms with E-state index in [2.05, 4.69) is 78.9 Å². The number of aromatic nitrogens is 2. The van der Waals surface area contributed by atoms with E-state index in [1.54, 1.807) is 12.1 Å². The van der Waals surface area contributed by atoms with Gasteiger partial charge in [0.05, 0.1) is 0 Å². The van der Waals surface area contributed by atoms with Crippen LogP contribution in [-0.2, 0) is 6.42 Å². The van der Waals surface area contributed by atoms with E-state index in [0.29, 0.717) is 11.5 Å². The van der Waals surface area contributed by atoms with Gasteiger partial charge in [0.25, 0.3) is 10.5 Å². The second-order valence-electron chi connectivity index (χ2n) is 6.48. The van der Waals surface area contributed by atoms with E-state index < -0.39 is 5.24 Å². The van der Waals surface area contributed by atoms with Crippen LogP contribution in [0.15, 0.2) is 36.7 Å². The summed E-state index contributed by atoms with van der Waals surface area (Å²) in [5.74, 6) is 0.689. The lowest BCUT2D eigenvalue weighted by Gasteiger charge is -2.13. The monoisotopic (exact) mass is 465 g/mol. The lowest BCUT2D eigenvalue weighted by Crippen LogP contribution is -2.21. The molecule has 0 spiro atoms. The zero-order valence-electron chi connectivity index (χ0n) is 18.8. The number of hydrogen-bond donors (Lipinski definition) is 4. The Labute approximate surface area is 197 Å². The molecule has 0 fully saturated rings. The van der Waals surface area contributed by atoms with Crippen molar-refractivity contribution >= 4 is 41.4 Å². The van der Waals surface area contributed by atoms with E-state index >= 15 is 0 Å². The van der Waals surface area contributed by atoms with Crippen molar-refractivity contribution in [1.82, 2.24) is 14.9 Å². The number of thiol groups is 2. The first kappa shape index (κ1) is 28.9. The summed E-state index contributed by atoms with van der Waals surface area (Å²) in [6, 6.07) is 7.36. The lowest BCUT2D eigenvalue weighted by atomic mass is 10.1. The van der Waals surface area contributed by atoms with Gasteiger partial charge >= 0.3 is 0 Å². The van der Waals surface area contributed by atoms with E-state index in [-0.39, 0.29) is 5.24 Å². The molecule has 1 aromatic carbocycles. The summed E-state index contributed by atoms with van der Waals surface area (Å²) in [6.07, 6.45) is 7.09. The first-order valence-electron chi connectivity index (χ1n) is 10.4. The fraction of sp³-hybridized carbons (Fsp3) is 0.455. The van der Waals surface area contributed by atoms with Crippen molar-refractivity contribution in [2.24, 2.45) is 5.73 Å². The largest absolute Gasteiger partial charge is 0.361 e. The van der Waals surface area contributed by atoms with Gasteiger partial charge in [-0.05, 0) is 62.3 Å². The molecule has 0 aliphatic carbocycles. The maximum absolute atomic E-state index is 10.8. The Balaban J connectivity index is 0.000000681. The van der Waals surface area contributed by atoms with Crippen LogP contribution in [0.5, 0.6) is 0 Å². The Bertz CT molecular complexity index is 742. The predicted molar refractivity (Wildman–Crippen MR) is 136 cm³/mol. The first-order chi connectivity index (χ1) is 14.8. The summed E-state index contributed by atoms with van der Waals surface area (Å²) in [7, 11) is 0. The molecule has 7 nitrogen and oxygen atoms in total. The van der Waals surface area contributed by atoms with Gasteiger partial charge < -0.3 is 16.0 Å². The number of aryl methyl sites for hydroxylation is 1. The molecule has 2 amide bonds. The molecule has 31 heavy (non-hydrogen) atoms. The van der Waals surface area contributed by atoms with Crippen LogP contribution in [0, 0.1) is 0 Å². The quantitative estimate of drug-likeness (QED) is 0.397. The zero-order valence-corrected chi connectivity index (χ0v) is 20.6. The highest BCUT2D eigenvalue weighted by atomic mass is 32.1. The fourth-order valence-electron chi connectivity index (χ4n) is 2.51. The highest BCUT2D eigenvalue weighted by Gasteiger charge is 2.03. The zero-order chi connectivity index (χ0) is 23.6. The molecular formula is C22H35N5O2S2. The number of benzene rings is 1. The number of nitrogens with one attached hydrogen (secondary N) is 1. The van der Waals surface area contributed by atoms with Gasteiger partial charge in [0.1, 0.15) is 0 Å². The summed E-state index contributed by atoms with van der Waals surface area (Å²) in [6.45, 7) is 12.3. The molecule has 0 bridgehead atoms. The van der Waals surface area contributed by atoms with Gasteiger partial charge in [-0.3, -0.25) is 9.59 Å². The summed E-state index contributed by atoms with van der Waals surface area (Å²) in [4.78, 5) is 31.0. The van der Waals surface area contributed by atoms with E-state index in [0.717, 1.165) is 24.0 Å². The number of anilines is 1. The second kappa shape index (κ2) is 17.6. The van der Waals surface area contributed by atoms with Crippen LogP contribution in [0.4, 0.5) is 15.3 Å². The third-order valence-corrected chi connectivity index (χ3v) is 4.37. The van der Waals surface area contributed by atoms with Gasteiger partial charge in [-0.2, -0.15) is 0 Å². The molecule has 0 aliphatic rings. The lowest BCUT2D eigenvalue weighted by molar-refractivity contribution is 0.267. The summed E-state index contributed by atoms with van der Waals surface area (Å²) in [5.41, 5.74) is 7.12. The number of nitrogens with zero attached hydrogens (tertiary/aromatic N) is 3. The van der Waals surface area contributed by atoms with Crippen LogP contribution in [0.25, 0.3) is 11.4 Å². The van der Waals surface area contributed by atoms with Crippen LogP contribution in [0.3, 0.4) is 0 Å². The molecule has 0 aliphatic heterocycles. The van der Waals surface area contributed by atoms with Crippen LogP contribution < -0.4 is 11.1 Å². The topological polar surface area (TPSA) is 101 Å². The van der Waals surface area contributed by atoms with Crippen molar-refractivity contribution in [3.63, 3.8) is 0 Å². The summed E-state index contributed by atoms with van der Waals surface area (Å²) in [5, 5.41) is 1.58. The molecule has 1 heterocycles. The van der Waals surface area contributed by atoms with E-state index in [1.165, 1.54) is 26.1 Å².